The second-order valence-corrected chi connectivity index (χ2v) is 7.45. The van der Waals surface area contributed by atoms with Gasteiger partial charge in [-0.15, -0.1) is 5.10 Å². The highest BCUT2D eigenvalue weighted by molar-refractivity contribution is 5.95. The lowest BCUT2D eigenvalue weighted by Crippen LogP contribution is -2.40. The zero-order valence-corrected chi connectivity index (χ0v) is 17.4. The molecule has 2 aliphatic heterocycles. The normalized spacial score (nSPS) is 17.5. The number of morpholine rings is 1. The Bertz CT molecular complexity index is 1090. The van der Waals surface area contributed by atoms with Gasteiger partial charge >= 0.3 is 0 Å². The van der Waals surface area contributed by atoms with Gasteiger partial charge in [-0.1, -0.05) is 12.1 Å². The van der Waals surface area contributed by atoms with Crippen molar-refractivity contribution in [2.75, 3.05) is 48.4 Å². The number of benzene rings is 2. The summed E-state index contributed by atoms with van der Waals surface area (Å²) in [6.45, 7) is 3.26. The van der Waals surface area contributed by atoms with Crippen molar-refractivity contribution in [1.29, 1.82) is 0 Å². The number of aromatic nitrogens is 2. The first kappa shape index (κ1) is 20.1. The highest BCUT2D eigenvalue weighted by Crippen LogP contribution is 2.31. The number of para-hydroxylation sites is 2. The van der Waals surface area contributed by atoms with Crippen molar-refractivity contribution in [3.8, 4) is 11.5 Å². The van der Waals surface area contributed by atoms with Crippen LogP contribution in [0.1, 0.15) is 0 Å². The number of nitrogens with one attached hydrogen (secondary N) is 2. The molecule has 1 saturated heterocycles. The van der Waals surface area contributed by atoms with E-state index in [2.05, 4.69) is 25.7 Å². The molecule has 2 N–H and O–H groups in total. The standard InChI is InChI=1S/C23H23N5O4/c29-23(21-15-31-19-3-1-2-4-20(19)32-21)26-17-7-5-16(6-8-17)25-22-13-18(14-24-27-22)28-9-11-30-12-10-28/h1-8,13-14,21H,9-12,15H2,(H,25,27)(H,26,29). The molecule has 2 aromatic carbocycles. The third kappa shape index (κ3) is 4.57. The molecule has 0 aliphatic carbocycles. The van der Waals surface area contributed by atoms with Gasteiger partial charge in [0, 0.05) is 30.5 Å². The van der Waals surface area contributed by atoms with Crippen molar-refractivity contribution in [3.05, 3.63) is 60.8 Å². The summed E-state index contributed by atoms with van der Waals surface area (Å²) in [6.07, 6.45) is 1.05. The molecule has 9 nitrogen and oxygen atoms in total. The molecule has 0 saturated carbocycles. The molecule has 32 heavy (non-hydrogen) atoms. The van der Waals surface area contributed by atoms with Gasteiger partial charge < -0.3 is 29.7 Å². The summed E-state index contributed by atoms with van der Waals surface area (Å²) in [5.41, 5.74) is 2.50. The van der Waals surface area contributed by atoms with Crippen LogP contribution in [0.15, 0.2) is 60.8 Å². The third-order valence-electron chi connectivity index (χ3n) is 5.24. The molecule has 5 rings (SSSR count). The fourth-order valence-electron chi connectivity index (χ4n) is 3.57. The molecule has 3 aromatic rings. The fraction of sp³-hybridized carbons (Fsp3) is 0.261. The van der Waals surface area contributed by atoms with Crippen LogP contribution >= 0.6 is 0 Å². The van der Waals surface area contributed by atoms with E-state index in [1.807, 2.05) is 48.5 Å². The second-order valence-electron chi connectivity index (χ2n) is 7.45. The summed E-state index contributed by atoms with van der Waals surface area (Å²) >= 11 is 0. The minimum absolute atomic E-state index is 0.167. The smallest absolute Gasteiger partial charge is 0.269 e. The molecule has 0 radical (unpaired) electrons. The quantitative estimate of drug-likeness (QED) is 0.634. The average Bonchev–Trinajstić information content (AvgIpc) is 2.85. The van der Waals surface area contributed by atoms with Crippen molar-refractivity contribution >= 4 is 28.8 Å². The maximum absolute atomic E-state index is 12.6. The van der Waals surface area contributed by atoms with Gasteiger partial charge in [0.25, 0.3) is 5.91 Å². The van der Waals surface area contributed by atoms with Crippen LogP contribution in [0.4, 0.5) is 22.9 Å². The zero-order chi connectivity index (χ0) is 21.8. The van der Waals surface area contributed by atoms with E-state index in [0.29, 0.717) is 36.2 Å². The SMILES string of the molecule is O=C(Nc1ccc(Nc2cc(N3CCOCC3)cnn2)cc1)C1COc2ccccc2O1. The van der Waals surface area contributed by atoms with E-state index in [1.165, 1.54) is 0 Å². The molecule has 0 spiro atoms. The van der Waals surface area contributed by atoms with E-state index < -0.39 is 6.10 Å². The van der Waals surface area contributed by atoms with Crippen molar-refractivity contribution in [2.45, 2.75) is 6.10 Å². The highest BCUT2D eigenvalue weighted by Gasteiger charge is 2.27. The molecule has 9 heteroatoms. The third-order valence-corrected chi connectivity index (χ3v) is 5.24. The van der Waals surface area contributed by atoms with E-state index >= 15 is 0 Å². The Morgan fingerprint density at radius 1 is 1.00 bits per heavy atom. The Hall–Kier alpha value is -3.85. The summed E-state index contributed by atoms with van der Waals surface area (Å²) in [4.78, 5) is 14.8. The molecule has 1 atom stereocenters. The number of amides is 1. The molecule has 3 heterocycles. The first-order valence-corrected chi connectivity index (χ1v) is 10.5. The molecular formula is C23H23N5O4. The van der Waals surface area contributed by atoms with Crippen LogP contribution in [0, 0.1) is 0 Å². The fourth-order valence-corrected chi connectivity index (χ4v) is 3.57. The van der Waals surface area contributed by atoms with Gasteiger partial charge in [0.05, 0.1) is 25.1 Å². The summed E-state index contributed by atoms with van der Waals surface area (Å²) in [7, 11) is 0. The van der Waals surface area contributed by atoms with Crippen molar-refractivity contribution in [2.24, 2.45) is 0 Å². The van der Waals surface area contributed by atoms with Gasteiger partial charge in [0.2, 0.25) is 6.10 Å². The molecule has 164 valence electrons. The lowest BCUT2D eigenvalue weighted by Gasteiger charge is -2.28. The zero-order valence-electron chi connectivity index (χ0n) is 17.4. The van der Waals surface area contributed by atoms with Crippen LogP contribution in [-0.4, -0.2) is 55.1 Å². The van der Waals surface area contributed by atoms with Gasteiger partial charge in [-0.05, 0) is 36.4 Å². The van der Waals surface area contributed by atoms with Crippen LogP contribution in [0.25, 0.3) is 0 Å². The summed E-state index contributed by atoms with van der Waals surface area (Å²) in [5.74, 6) is 1.60. The Balaban J connectivity index is 1.19. The monoisotopic (exact) mass is 433 g/mol. The van der Waals surface area contributed by atoms with E-state index in [-0.39, 0.29) is 12.5 Å². The second kappa shape index (κ2) is 9.11. The molecule has 1 aromatic heterocycles. The van der Waals surface area contributed by atoms with E-state index in [1.54, 1.807) is 12.3 Å². The lowest BCUT2D eigenvalue weighted by atomic mass is 10.2. The van der Waals surface area contributed by atoms with E-state index in [4.69, 9.17) is 14.2 Å². The van der Waals surface area contributed by atoms with Gasteiger partial charge in [-0.3, -0.25) is 4.79 Å². The van der Waals surface area contributed by atoms with Crippen molar-refractivity contribution in [1.82, 2.24) is 10.2 Å². The number of carbonyl (C=O) groups is 1. The van der Waals surface area contributed by atoms with E-state index in [0.717, 1.165) is 24.5 Å². The number of rotatable bonds is 5. The predicted octanol–water partition coefficient (Wildman–Crippen LogP) is 2.84. The van der Waals surface area contributed by atoms with Crippen LogP contribution in [0.5, 0.6) is 11.5 Å². The molecule has 1 unspecified atom stereocenters. The Kier molecular flexibility index (Phi) is 5.71. The topological polar surface area (TPSA) is 97.8 Å². The predicted molar refractivity (Wildman–Crippen MR) is 120 cm³/mol. The maximum Gasteiger partial charge on any atom is 0.269 e. The van der Waals surface area contributed by atoms with Gasteiger partial charge in [-0.25, -0.2) is 0 Å². The number of hydrogen-bond acceptors (Lipinski definition) is 8. The highest BCUT2D eigenvalue weighted by atomic mass is 16.6. The van der Waals surface area contributed by atoms with Gasteiger partial charge in [0.15, 0.2) is 17.3 Å². The van der Waals surface area contributed by atoms with E-state index in [9.17, 15) is 4.79 Å². The molecular weight excluding hydrogens is 410 g/mol. The number of hydrogen-bond donors (Lipinski definition) is 2. The first-order chi connectivity index (χ1) is 15.7. The number of fused-ring (bicyclic) bond motifs is 1. The first-order valence-electron chi connectivity index (χ1n) is 10.5. The summed E-state index contributed by atoms with van der Waals surface area (Å²) < 4.78 is 16.8. The van der Waals surface area contributed by atoms with Crippen LogP contribution in [0.3, 0.4) is 0 Å². The largest absolute Gasteiger partial charge is 0.485 e. The van der Waals surface area contributed by atoms with Gasteiger partial charge in [-0.2, -0.15) is 5.10 Å². The lowest BCUT2D eigenvalue weighted by molar-refractivity contribution is -0.125. The molecule has 2 aliphatic rings. The number of carbonyl (C=O) groups excluding carboxylic acids is 1. The number of ether oxygens (including phenoxy) is 3. The Morgan fingerprint density at radius 2 is 1.75 bits per heavy atom. The van der Waals surface area contributed by atoms with Crippen molar-refractivity contribution < 1.29 is 19.0 Å². The molecule has 0 bridgehead atoms. The summed E-state index contributed by atoms with van der Waals surface area (Å²) in [5, 5.41) is 14.4. The summed E-state index contributed by atoms with van der Waals surface area (Å²) in [6, 6.07) is 16.6. The van der Waals surface area contributed by atoms with Crippen LogP contribution < -0.4 is 25.0 Å². The van der Waals surface area contributed by atoms with Gasteiger partial charge in [0.1, 0.15) is 6.61 Å². The molecule has 1 amide bonds. The molecule has 1 fully saturated rings. The van der Waals surface area contributed by atoms with Crippen LogP contribution in [-0.2, 0) is 9.53 Å². The van der Waals surface area contributed by atoms with Crippen LogP contribution in [0.2, 0.25) is 0 Å². The maximum atomic E-state index is 12.6. The van der Waals surface area contributed by atoms with Crippen molar-refractivity contribution in [3.63, 3.8) is 0 Å². The average molecular weight is 433 g/mol. The minimum atomic E-state index is -0.707. The number of nitrogens with zero attached hydrogens (tertiary/aromatic N) is 3. The Morgan fingerprint density at radius 3 is 2.56 bits per heavy atom. The Labute approximate surface area is 185 Å². The number of anilines is 4. The minimum Gasteiger partial charge on any atom is -0.485 e.